The molecule has 11 heavy (non-hydrogen) atoms. The number of alkyl halides is 2. The predicted octanol–water partition coefficient (Wildman–Crippen LogP) is 1.74. The fourth-order valence-corrected chi connectivity index (χ4v) is 0.624. The second kappa shape index (κ2) is 2.77. The minimum absolute atomic E-state index is 0.0342. The molecule has 0 aromatic carbocycles. The first-order valence-electron chi connectivity index (χ1n) is 2.80. The van der Waals surface area contributed by atoms with Gasteiger partial charge in [-0.25, -0.2) is 13.2 Å². The number of hydrogen-bond acceptors (Lipinski definition) is 2. The summed E-state index contributed by atoms with van der Waals surface area (Å²) in [5.74, 6) is -1.07. The van der Waals surface area contributed by atoms with Crippen molar-refractivity contribution in [3.05, 3.63) is 23.8 Å². The van der Waals surface area contributed by atoms with Gasteiger partial charge in [-0.2, -0.15) is 0 Å². The van der Waals surface area contributed by atoms with Crippen LogP contribution in [-0.4, -0.2) is 4.98 Å². The summed E-state index contributed by atoms with van der Waals surface area (Å²) in [6.45, 7) is 0. The van der Waals surface area contributed by atoms with Gasteiger partial charge in [-0.15, -0.1) is 0 Å². The van der Waals surface area contributed by atoms with E-state index in [0.717, 1.165) is 12.3 Å². The van der Waals surface area contributed by atoms with Gasteiger partial charge in [0, 0.05) is 6.07 Å². The number of nitrogens with two attached hydrogens (primary N) is 1. The second-order valence-corrected chi connectivity index (χ2v) is 1.94. The third-order valence-electron chi connectivity index (χ3n) is 1.10. The third-order valence-corrected chi connectivity index (χ3v) is 1.10. The average Bonchev–Trinajstić information content (AvgIpc) is 1.85. The van der Waals surface area contributed by atoms with Gasteiger partial charge in [0.05, 0.1) is 11.9 Å². The molecule has 0 atom stereocenters. The van der Waals surface area contributed by atoms with Crippen molar-refractivity contribution in [3.63, 3.8) is 0 Å². The maximum absolute atomic E-state index is 12.5. The topological polar surface area (TPSA) is 38.9 Å². The zero-order valence-corrected chi connectivity index (χ0v) is 5.39. The van der Waals surface area contributed by atoms with Gasteiger partial charge in [0.25, 0.3) is 6.43 Å². The minimum Gasteiger partial charge on any atom is -0.397 e. The molecule has 0 radical (unpaired) electrons. The second-order valence-electron chi connectivity index (χ2n) is 1.94. The first-order valence-corrected chi connectivity index (χ1v) is 2.80. The third kappa shape index (κ3) is 1.60. The monoisotopic (exact) mass is 162 g/mol. The van der Waals surface area contributed by atoms with Crippen LogP contribution in [0.2, 0.25) is 0 Å². The highest BCUT2D eigenvalue weighted by Gasteiger charge is 2.14. The molecule has 1 rings (SSSR count). The summed E-state index contributed by atoms with van der Waals surface area (Å²) in [7, 11) is 0. The first kappa shape index (κ1) is 7.84. The SMILES string of the molecule is Nc1cnc(C(F)F)c(F)c1. The fourth-order valence-electron chi connectivity index (χ4n) is 0.624. The van der Waals surface area contributed by atoms with Crippen LogP contribution >= 0.6 is 0 Å². The number of pyridine rings is 1. The summed E-state index contributed by atoms with van der Waals surface area (Å²) >= 11 is 0. The highest BCUT2D eigenvalue weighted by molar-refractivity contribution is 5.35. The summed E-state index contributed by atoms with van der Waals surface area (Å²) < 4.78 is 36.1. The molecular formula is C6H5F3N2. The molecule has 0 aliphatic heterocycles. The summed E-state index contributed by atoms with van der Waals surface area (Å²) in [4.78, 5) is 3.13. The van der Waals surface area contributed by atoms with E-state index in [-0.39, 0.29) is 5.69 Å². The Kier molecular flexibility index (Phi) is 1.98. The number of nitrogen functional groups attached to an aromatic ring is 1. The van der Waals surface area contributed by atoms with Crippen molar-refractivity contribution in [2.45, 2.75) is 6.43 Å². The van der Waals surface area contributed by atoms with Crippen molar-refractivity contribution in [2.24, 2.45) is 0 Å². The van der Waals surface area contributed by atoms with E-state index in [4.69, 9.17) is 5.73 Å². The molecule has 1 aromatic heterocycles. The molecule has 0 saturated carbocycles. The smallest absolute Gasteiger partial charge is 0.283 e. The van der Waals surface area contributed by atoms with E-state index in [2.05, 4.69) is 4.98 Å². The molecular weight excluding hydrogens is 157 g/mol. The normalized spacial score (nSPS) is 10.5. The zero-order valence-electron chi connectivity index (χ0n) is 5.39. The largest absolute Gasteiger partial charge is 0.397 e. The van der Waals surface area contributed by atoms with Crippen LogP contribution in [0.3, 0.4) is 0 Å². The van der Waals surface area contributed by atoms with Crippen LogP contribution in [0.15, 0.2) is 12.3 Å². The number of aromatic nitrogens is 1. The van der Waals surface area contributed by atoms with Gasteiger partial charge < -0.3 is 5.73 Å². The van der Waals surface area contributed by atoms with Crippen LogP contribution in [0.4, 0.5) is 18.9 Å². The van der Waals surface area contributed by atoms with E-state index in [1.165, 1.54) is 0 Å². The van der Waals surface area contributed by atoms with E-state index in [1.54, 1.807) is 0 Å². The molecule has 60 valence electrons. The van der Waals surface area contributed by atoms with Crippen molar-refractivity contribution in [1.29, 1.82) is 0 Å². The minimum atomic E-state index is -2.89. The Morgan fingerprint density at radius 1 is 1.45 bits per heavy atom. The molecule has 0 spiro atoms. The summed E-state index contributed by atoms with van der Waals surface area (Å²) in [5, 5.41) is 0. The Labute approximate surface area is 60.9 Å². The highest BCUT2D eigenvalue weighted by Crippen LogP contribution is 2.20. The molecule has 5 heteroatoms. The predicted molar refractivity (Wildman–Crippen MR) is 33.6 cm³/mol. The molecule has 0 bridgehead atoms. The Bertz CT molecular complexity index is 262. The molecule has 0 aliphatic carbocycles. The number of hydrogen-bond donors (Lipinski definition) is 1. The van der Waals surface area contributed by atoms with E-state index in [1.807, 2.05) is 0 Å². The zero-order chi connectivity index (χ0) is 8.43. The van der Waals surface area contributed by atoms with Gasteiger partial charge in [0.15, 0.2) is 5.82 Å². The Morgan fingerprint density at radius 3 is 2.55 bits per heavy atom. The molecule has 1 heterocycles. The number of halogens is 3. The van der Waals surface area contributed by atoms with Gasteiger partial charge in [0.2, 0.25) is 0 Å². The Balaban J connectivity index is 3.09. The first-order chi connectivity index (χ1) is 5.11. The number of rotatable bonds is 1. The Morgan fingerprint density at radius 2 is 2.09 bits per heavy atom. The lowest BCUT2D eigenvalue weighted by molar-refractivity contribution is 0.140. The standard InChI is InChI=1S/C6H5F3N2/c7-4-1-3(10)2-11-5(4)6(8)9/h1-2,6H,10H2. The molecule has 0 fully saturated rings. The maximum atomic E-state index is 12.5. The molecule has 0 unspecified atom stereocenters. The van der Waals surface area contributed by atoms with Crippen LogP contribution in [0, 0.1) is 5.82 Å². The quantitative estimate of drug-likeness (QED) is 0.683. The van der Waals surface area contributed by atoms with Crippen molar-refractivity contribution in [2.75, 3.05) is 5.73 Å². The van der Waals surface area contributed by atoms with Gasteiger partial charge in [-0.1, -0.05) is 0 Å². The number of nitrogens with zero attached hydrogens (tertiary/aromatic N) is 1. The summed E-state index contributed by atoms with van der Waals surface area (Å²) in [5.41, 5.74) is 4.25. The van der Waals surface area contributed by atoms with Crippen LogP contribution < -0.4 is 5.73 Å². The lowest BCUT2D eigenvalue weighted by atomic mass is 10.3. The molecule has 0 amide bonds. The average molecular weight is 162 g/mol. The maximum Gasteiger partial charge on any atom is 0.283 e. The van der Waals surface area contributed by atoms with Crippen LogP contribution in [0.25, 0.3) is 0 Å². The van der Waals surface area contributed by atoms with E-state index in [9.17, 15) is 13.2 Å². The molecule has 0 aliphatic rings. The lowest BCUT2D eigenvalue weighted by Crippen LogP contribution is -1.97. The van der Waals surface area contributed by atoms with Gasteiger partial charge in [-0.05, 0) is 0 Å². The fraction of sp³-hybridized carbons (Fsp3) is 0.167. The van der Waals surface area contributed by atoms with Crippen molar-refractivity contribution in [1.82, 2.24) is 4.98 Å². The molecule has 0 saturated heterocycles. The summed E-state index contributed by atoms with van der Waals surface area (Å²) in [6.07, 6.45) is -1.90. The van der Waals surface area contributed by atoms with Crippen molar-refractivity contribution < 1.29 is 13.2 Å². The Hall–Kier alpha value is -1.26. The van der Waals surface area contributed by atoms with Crippen LogP contribution in [-0.2, 0) is 0 Å². The van der Waals surface area contributed by atoms with Crippen LogP contribution in [0.1, 0.15) is 12.1 Å². The van der Waals surface area contributed by atoms with Crippen molar-refractivity contribution >= 4 is 5.69 Å². The number of anilines is 1. The van der Waals surface area contributed by atoms with Crippen molar-refractivity contribution in [3.8, 4) is 0 Å². The van der Waals surface area contributed by atoms with Gasteiger partial charge in [-0.3, -0.25) is 4.98 Å². The van der Waals surface area contributed by atoms with Crippen LogP contribution in [0.5, 0.6) is 0 Å². The summed E-state index contributed by atoms with van der Waals surface area (Å²) in [6, 6.07) is 0.814. The van der Waals surface area contributed by atoms with E-state index >= 15 is 0 Å². The molecule has 2 N–H and O–H groups in total. The van der Waals surface area contributed by atoms with Gasteiger partial charge in [0.1, 0.15) is 5.69 Å². The van der Waals surface area contributed by atoms with E-state index in [0.29, 0.717) is 0 Å². The van der Waals surface area contributed by atoms with E-state index < -0.39 is 17.9 Å². The molecule has 2 nitrogen and oxygen atoms in total. The molecule has 1 aromatic rings. The highest BCUT2D eigenvalue weighted by atomic mass is 19.3. The van der Waals surface area contributed by atoms with Gasteiger partial charge >= 0.3 is 0 Å². The lowest BCUT2D eigenvalue weighted by Gasteiger charge is -1.99.